The van der Waals surface area contributed by atoms with Crippen LogP contribution in [0.15, 0.2) is 16.6 Å². The molecule has 6 heteroatoms. The van der Waals surface area contributed by atoms with E-state index in [1.807, 2.05) is 0 Å². The van der Waals surface area contributed by atoms with E-state index in [1.54, 1.807) is 12.3 Å². The number of methoxy groups -OCH3 is 2. The Balaban J connectivity index is 2.97. The molecule has 0 aromatic carbocycles. The number of hydrogen-bond acceptors (Lipinski definition) is 5. The zero-order valence-electron chi connectivity index (χ0n) is 8.97. The fourth-order valence-electron chi connectivity index (χ4n) is 1.32. The highest BCUT2D eigenvalue weighted by Crippen LogP contribution is 2.19. The fraction of sp³-hybridized carbons (Fsp3) is 0.500. The molecular formula is C10H12BrNO4. The standard InChI is InChI=1S/C10H12BrNO4/c1-15-9(13)7-3-6(4-11)5-12-8(7)10(14)16-2/h3,5-6,8H,4H2,1-2H3. The molecule has 0 aliphatic carbocycles. The van der Waals surface area contributed by atoms with Crippen LogP contribution in [0, 0.1) is 5.92 Å². The molecule has 0 aromatic rings. The molecule has 0 aromatic heterocycles. The number of esters is 2. The topological polar surface area (TPSA) is 65.0 Å². The Labute approximate surface area is 102 Å². The lowest BCUT2D eigenvalue weighted by Gasteiger charge is -2.18. The van der Waals surface area contributed by atoms with Crippen LogP contribution < -0.4 is 0 Å². The highest BCUT2D eigenvalue weighted by atomic mass is 79.9. The van der Waals surface area contributed by atoms with Gasteiger partial charge in [-0.15, -0.1) is 0 Å². The van der Waals surface area contributed by atoms with Gasteiger partial charge in [0.05, 0.1) is 19.8 Å². The molecule has 2 atom stereocenters. The van der Waals surface area contributed by atoms with Crippen molar-refractivity contribution in [3.8, 4) is 0 Å². The maximum Gasteiger partial charge on any atom is 0.336 e. The molecule has 0 spiro atoms. The van der Waals surface area contributed by atoms with Gasteiger partial charge in [0, 0.05) is 17.5 Å². The third-order valence-electron chi connectivity index (χ3n) is 2.14. The molecule has 88 valence electrons. The van der Waals surface area contributed by atoms with Gasteiger partial charge in [-0.1, -0.05) is 22.0 Å². The molecule has 2 unspecified atom stereocenters. The fourth-order valence-corrected chi connectivity index (χ4v) is 1.68. The number of carbonyl (C=O) groups is 2. The number of aliphatic imine (C=N–C) groups is 1. The van der Waals surface area contributed by atoms with Gasteiger partial charge in [-0.2, -0.15) is 0 Å². The predicted molar refractivity (Wildman–Crippen MR) is 61.7 cm³/mol. The molecule has 1 rings (SSSR count). The van der Waals surface area contributed by atoms with Crippen LogP contribution in [0.25, 0.3) is 0 Å². The van der Waals surface area contributed by atoms with Crippen LogP contribution in [0.4, 0.5) is 0 Å². The molecule has 16 heavy (non-hydrogen) atoms. The molecule has 0 radical (unpaired) electrons. The number of rotatable bonds is 3. The normalized spacial score (nSPS) is 23.6. The SMILES string of the molecule is COC(=O)C1=CC(CBr)C=NC1C(=O)OC. The van der Waals surface area contributed by atoms with Gasteiger partial charge < -0.3 is 9.47 Å². The Kier molecular flexibility index (Phi) is 4.67. The number of halogens is 1. The van der Waals surface area contributed by atoms with Gasteiger partial charge >= 0.3 is 11.9 Å². The van der Waals surface area contributed by atoms with Crippen molar-refractivity contribution in [1.82, 2.24) is 0 Å². The first-order chi connectivity index (χ1) is 7.63. The van der Waals surface area contributed by atoms with Crippen molar-refractivity contribution in [2.24, 2.45) is 10.9 Å². The largest absolute Gasteiger partial charge is 0.467 e. The summed E-state index contributed by atoms with van der Waals surface area (Å²) in [6, 6.07) is -0.909. The number of dihydropyridines is 1. The van der Waals surface area contributed by atoms with Crippen LogP contribution in [-0.4, -0.2) is 43.7 Å². The van der Waals surface area contributed by atoms with E-state index >= 15 is 0 Å². The van der Waals surface area contributed by atoms with Crippen molar-refractivity contribution in [3.05, 3.63) is 11.6 Å². The van der Waals surface area contributed by atoms with Gasteiger partial charge in [0.1, 0.15) is 0 Å². The number of alkyl halides is 1. The van der Waals surface area contributed by atoms with E-state index in [2.05, 4.69) is 30.4 Å². The maximum absolute atomic E-state index is 11.5. The van der Waals surface area contributed by atoms with Crippen LogP contribution in [0.2, 0.25) is 0 Å². The summed E-state index contributed by atoms with van der Waals surface area (Å²) in [6.45, 7) is 0. The Morgan fingerprint density at radius 2 is 2.12 bits per heavy atom. The highest BCUT2D eigenvalue weighted by Gasteiger charge is 2.31. The molecule has 0 amide bonds. The minimum absolute atomic E-state index is 0.0185. The van der Waals surface area contributed by atoms with E-state index in [1.165, 1.54) is 14.2 Å². The average molecular weight is 290 g/mol. The number of hydrogen-bond donors (Lipinski definition) is 0. The van der Waals surface area contributed by atoms with Crippen molar-refractivity contribution in [1.29, 1.82) is 0 Å². The van der Waals surface area contributed by atoms with E-state index in [0.717, 1.165) is 0 Å². The molecule has 1 aliphatic rings. The highest BCUT2D eigenvalue weighted by molar-refractivity contribution is 9.09. The van der Waals surface area contributed by atoms with E-state index in [9.17, 15) is 9.59 Å². The molecule has 1 aliphatic heterocycles. The number of nitrogens with zero attached hydrogens (tertiary/aromatic N) is 1. The smallest absolute Gasteiger partial charge is 0.336 e. The van der Waals surface area contributed by atoms with Crippen LogP contribution in [0.1, 0.15) is 0 Å². The van der Waals surface area contributed by atoms with Crippen LogP contribution in [0.5, 0.6) is 0 Å². The lowest BCUT2D eigenvalue weighted by Crippen LogP contribution is -2.31. The van der Waals surface area contributed by atoms with Gasteiger partial charge in [0.25, 0.3) is 0 Å². The number of ether oxygens (including phenoxy) is 2. The van der Waals surface area contributed by atoms with Crippen molar-refractivity contribution in [3.63, 3.8) is 0 Å². The third-order valence-corrected chi connectivity index (χ3v) is 2.89. The Hall–Kier alpha value is -1.17. The minimum Gasteiger partial charge on any atom is -0.467 e. The molecule has 1 heterocycles. The predicted octanol–water partition coefficient (Wildman–Crippen LogP) is 0.723. The first-order valence-electron chi connectivity index (χ1n) is 4.61. The zero-order valence-corrected chi connectivity index (χ0v) is 10.6. The minimum atomic E-state index is -0.909. The zero-order chi connectivity index (χ0) is 12.1. The molecule has 0 bridgehead atoms. The molecule has 0 N–H and O–H groups in total. The average Bonchev–Trinajstić information content (AvgIpc) is 2.36. The molecule has 0 fully saturated rings. The van der Waals surface area contributed by atoms with Crippen LogP contribution in [-0.2, 0) is 19.1 Å². The summed E-state index contributed by atoms with van der Waals surface area (Å²) >= 11 is 3.28. The van der Waals surface area contributed by atoms with E-state index in [0.29, 0.717) is 5.33 Å². The van der Waals surface area contributed by atoms with E-state index < -0.39 is 18.0 Å². The summed E-state index contributed by atoms with van der Waals surface area (Å²) in [6.07, 6.45) is 3.28. The monoisotopic (exact) mass is 289 g/mol. The van der Waals surface area contributed by atoms with Gasteiger partial charge in [-0.25, -0.2) is 9.59 Å². The summed E-state index contributed by atoms with van der Waals surface area (Å²) in [5.74, 6) is -1.14. The quantitative estimate of drug-likeness (QED) is 0.567. The Bertz CT molecular complexity index is 351. The van der Waals surface area contributed by atoms with Crippen LogP contribution in [0.3, 0.4) is 0 Å². The Morgan fingerprint density at radius 3 is 2.62 bits per heavy atom. The second-order valence-electron chi connectivity index (χ2n) is 3.16. The van der Waals surface area contributed by atoms with Gasteiger partial charge in [0.2, 0.25) is 0 Å². The third kappa shape index (κ3) is 2.69. The molecular weight excluding hydrogens is 278 g/mol. The summed E-state index contributed by atoms with van der Waals surface area (Å²) in [5.41, 5.74) is 0.223. The first-order valence-corrected chi connectivity index (χ1v) is 5.73. The summed E-state index contributed by atoms with van der Waals surface area (Å²) in [4.78, 5) is 26.9. The number of carbonyl (C=O) groups excluding carboxylic acids is 2. The van der Waals surface area contributed by atoms with Crippen LogP contribution >= 0.6 is 15.9 Å². The summed E-state index contributed by atoms with van der Waals surface area (Å²) in [5, 5.41) is 0.630. The number of allylic oxidation sites excluding steroid dienone is 1. The lowest BCUT2D eigenvalue weighted by atomic mass is 9.99. The van der Waals surface area contributed by atoms with Gasteiger partial charge in [0.15, 0.2) is 6.04 Å². The second-order valence-corrected chi connectivity index (χ2v) is 3.80. The van der Waals surface area contributed by atoms with Crippen molar-refractivity contribution in [2.75, 3.05) is 19.5 Å². The van der Waals surface area contributed by atoms with Gasteiger partial charge in [-0.3, -0.25) is 4.99 Å². The second kappa shape index (κ2) is 5.79. The van der Waals surface area contributed by atoms with Crippen molar-refractivity contribution >= 4 is 34.1 Å². The molecule has 0 saturated carbocycles. The van der Waals surface area contributed by atoms with Gasteiger partial charge in [-0.05, 0) is 0 Å². The van der Waals surface area contributed by atoms with E-state index in [4.69, 9.17) is 0 Å². The first kappa shape index (κ1) is 12.9. The van der Waals surface area contributed by atoms with Crippen molar-refractivity contribution < 1.29 is 19.1 Å². The molecule has 5 nitrogen and oxygen atoms in total. The summed E-state index contributed by atoms with van der Waals surface area (Å²) < 4.78 is 9.17. The van der Waals surface area contributed by atoms with Crippen molar-refractivity contribution in [2.45, 2.75) is 6.04 Å². The maximum atomic E-state index is 11.5. The molecule has 0 saturated heterocycles. The Morgan fingerprint density at radius 1 is 1.44 bits per heavy atom. The van der Waals surface area contributed by atoms with E-state index in [-0.39, 0.29) is 11.5 Å². The lowest BCUT2D eigenvalue weighted by molar-refractivity contribution is -0.144. The summed E-state index contributed by atoms with van der Waals surface area (Å²) in [7, 11) is 2.52.